The first-order chi connectivity index (χ1) is 10.1. The molecule has 0 spiro atoms. The van der Waals surface area contributed by atoms with E-state index >= 15 is 0 Å². The van der Waals surface area contributed by atoms with Crippen molar-refractivity contribution in [2.24, 2.45) is 0 Å². The summed E-state index contributed by atoms with van der Waals surface area (Å²) in [6.45, 7) is 4.58. The van der Waals surface area contributed by atoms with Crippen molar-refractivity contribution in [1.82, 2.24) is 4.90 Å². The van der Waals surface area contributed by atoms with Gasteiger partial charge < -0.3 is 0 Å². The van der Waals surface area contributed by atoms with Gasteiger partial charge in [-0.2, -0.15) is 0 Å². The van der Waals surface area contributed by atoms with Crippen molar-refractivity contribution in [2.45, 2.75) is 26.3 Å². The van der Waals surface area contributed by atoms with E-state index in [0.717, 1.165) is 5.56 Å². The SMILES string of the molecule is CC(C)c1cccc(CN2C(=O)c3ccccc3C2=O)c1. The van der Waals surface area contributed by atoms with Gasteiger partial charge in [0, 0.05) is 0 Å². The van der Waals surface area contributed by atoms with Gasteiger partial charge in [-0.05, 0) is 29.2 Å². The van der Waals surface area contributed by atoms with Gasteiger partial charge in [-0.25, -0.2) is 0 Å². The van der Waals surface area contributed by atoms with Crippen LogP contribution in [0.1, 0.15) is 51.6 Å². The highest BCUT2D eigenvalue weighted by Gasteiger charge is 2.34. The third kappa shape index (κ3) is 2.35. The van der Waals surface area contributed by atoms with E-state index in [4.69, 9.17) is 0 Å². The molecule has 0 atom stereocenters. The zero-order valence-corrected chi connectivity index (χ0v) is 12.2. The van der Waals surface area contributed by atoms with E-state index in [-0.39, 0.29) is 11.8 Å². The van der Waals surface area contributed by atoms with Gasteiger partial charge in [0.15, 0.2) is 0 Å². The van der Waals surface area contributed by atoms with Crippen LogP contribution in [0.5, 0.6) is 0 Å². The lowest BCUT2D eigenvalue weighted by Gasteiger charge is -2.15. The molecule has 0 unspecified atom stereocenters. The summed E-state index contributed by atoms with van der Waals surface area (Å²) in [6, 6.07) is 15.0. The Bertz CT molecular complexity index is 684. The molecule has 1 aliphatic heterocycles. The van der Waals surface area contributed by atoms with Crippen molar-refractivity contribution >= 4 is 11.8 Å². The van der Waals surface area contributed by atoms with E-state index in [9.17, 15) is 9.59 Å². The van der Waals surface area contributed by atoms with Crippen molar-refractivity contribution in [3.8, 4) is 0 Å². The van der Waals surface area contributed by atoms with E-state index in [1.807, 2.05) is 12.1 Å². The Hall–Kier alpha value is -2.42. The summed E-state index contributed by atoms with van der Waals surface area (Å²) < 4.78 is 0. The second kappa shape index (κ2) is 5.17. The zero-order chi connectivity index (χ0) is 15.0. The monoisotopic (exact) mass is 279 g/mol. The van der Waals surface area contributed by atoms with Crippen LogP contribution in [0.15, 0.2) is 48.5 Å². The van der Waals surface area contributed by atoms with Gasteiger partial charge in [0.1, 0.15) is 0 Å². The van der Waals surface area contributed by atoms with Crippen molar-refractivity contribution in [3.63, 3.8) is 0 Å². The average molecular weight is 279 g/mol. The fraction of sp³-hybridized carbons (Fsp3) is 0.222. The first-order valence-electron chi connectivity index (χ1n) is 7.12. The standard InChI is InChI=1S/C18H17NO2/c1-12(2)14-7-5-6-13(10-14)11-19-17(20)15-8-3-4-9-16(15)18(19)21/h3-10,12H,11H2,1-2H3. The number of fused-ring (bicyclic) bond motifs is 1. The second-order valence-corrected chi connectivity index (χ2v) is 5.64. The van der Waals surface area contributed by atoms with Crippen LogP contribution in [0.25, 0.3) is 0 Å². The summed E-state index contributed by atoms with van der Waals surface area (Å²) in [5.41, 5.74) is 3.20. The summed E-state index contributed by atoms with van der Waals surface area (Å²) in [4.78, 5) is 26.0. The van der Waals surface area contributed by atoms with Gasteiger partial charge in [0.2, 0.25) is 0 Å². The molecule has 0 fully saturated rings. The smallest absolute Gasteiger partial charge is 0.261 e. The topological polar surface area (TPSA) is 37.4 Å². The van der Waals surface area contributed by atoms with Gasteiger partial charge in [0.25, 0.3) is 11.8 Å². The van der Waals surface area contributed by atoms with Gasteiger partial charge in [-0.15, -0.1) is 0 Å². The summed E-state index contributed by atoms with van der Waals surface area (Å²) in [7, 11) is 0. The molecule has 2 aromatic rings. The lowest BCUT2D eigenvalue weighted by Crippen LogP contribution is -2.29. The maximum Gasteiger partial charge on any atom is 0.261 e. The summed E-state index contributed by atoms with van der Waals surface area (Å²) >= 11 is 0. The number of rotatable bonds is 3. The Kier molecular flexibility index (Phi) is 3.34. The Labute approximate surface area is 124 Å². The zero-order valence-electron chi connectivity index (χ0n) is 12.2. The third-order valence-electron chi connectivity index (χ3n) is 3.84. The normalized spacial score (nSPS) is 14.0. The first-order valence-corrected chi connectivity index (χ1v) is 7.12. The minimum atomic E-state index is -0.203. The van der Waals surface area contributed by atoms with Gasteiger partial charge in [0.05, 0.1) is 17.7 Å². The number of amides is 2. The van der Waals surface area contributed by atoms with Crippen molar-refractivity contribution in [2.75, 3.05) is 0 Å². The number of imide groups is 1. The summed E-state index contributed by atoms with van der Waals surface area (Å²) in [6.07, 6.45) is 0. The molecule has 0 bridgehead atoms. The molecular weight excluding hydrogens is 262 g/mol. The molecule has 0 saturated carbocycles. The number of hydrogen-bond donors (Lipinski definition) is 0. The number of hydrogen-bond acceptors (Lipinski definition) is 2. The number of carbonyl (C=O) groups excluding carboxylic acids is 2. The van der Waals surface area contributed by atoms with Crippen LogP contribution >= 0.6 is 0 Å². The predicted molar refractivity (Wildman–Crippen MR) is 81.2 cm³/mol. The molecule has 1 aliphatic rings. The minimum absolute atomic E-state index is 0.203. The van der Waals surface area contributed by atoms with E-state index in [1.54, 1.807) is 24.3 Å². The van der Waals surface area contributed by atoms with Crippen molar-refractivity contribution in [3.05, 3.63) is 70.8 Å². The van der Waals surface area contributed by atoms with Crippen LogP contribution in [0, 0.1) is 0 Å². The molecule has 106 valence electrons. The second-order valence-electron chi connectivity index (χ2n) is 5.64. The minimum Gasteiger partial charge on any atom is -0.270 e. The summed E-state index contributed by atoms with van der Waals surface area (Å²) in [5.74, 6) is 0.0169. The predicted octanol–water partition coefficient (Wildman–Crippen LogP) is 3.61. The summed E-state index contributed by atoms with van der Waals surface area (Å²) in [5, 5.41) is 0. The largest absolute Gasteiger partial charge is 0.270 e. The first kappa shape index (κ1) is 13.6. The van der Waals surface area contributed by atoms with Crippen LogP contribution < -0.4 is 0 Å². The molecule has 3 nitrogen and oxygen atoms in total. The third-order valence-corrected chi connectivity index (χ3v) is 3.84. The fourth-order valence-corrected chi connectivity index (χ4v) is 2.62. The lowest BCUT2D eigenvalue weighted by atomic mass is 10.0. The molecule has 0 radical (unpaired) electrons. The molecule has 3 rings (SSSR count). The molecule has 3 heteroatoms. The van der Waals surface area contributed by atoms with E-state index in [1.165, 1.54) is 10.5 Å². The molecule has 0 aliphatic carbocycles. The molecule has 1 heterocycles. The quantitative estimate of drug-likeness (QED) is 0.805. The molecule has 0 N–H and O–H groups in total. The number of carbonyl (C=O) groups is 2. The molecular formula is C18H17NO2. The Balaban J connectivity index is 1.89. The number of nitrogens with zero attached hydrogens (tertiary/aromatic N) is 1. The Morgan fingerprint density at radius 2 is 1.52 bits per heavy atom. The molecule has 2 amide bonds. The maximum atomic E-state index is 12.3. The average Bonchev–Trinajstić information content (AvgIpc) is 2.73. The molecule has 0 aromatic heterocycles. The van der Waals surface area contributed by atoms with Gasteiger partial charge in [-0.3, -0.25) is 14.5 Å². The fourth-order valence-electron chi connectivity index (χ4n) is 2.62. The van der Waals surface area contributed by atoms with E-state index in [0.29, 0.717) is 23.6 Å². The molecule has 2 aromatic carbocycles. The van der Waals surface area contributed by atoms with Crippen LogP contribution in [-0.4, -0.2) is 16.7 Å². The van der Waals surface area contributed by atoms with Gasteiger partial charge >= 0.3 is 0 Å². The Morgan fingerprint density at radius 3 is 2.10 bits per heavy atom. The lowest BCUT2D eigenvalue weighted by molar-refractivity contribution is 0.0642. The van der Waals surface area contributed by atoms with Gasteiger partial charge in [-0.1, -0.05) is 50.2 Å². The van der Waals surface area contributed by atoms with Crippen molar-refractivity contribution < 1.29 is 9.59 Å². The highest BCUT2D eigenvalue weighted by Crippen LogP contribution is 2.25. The highest BCUT2D eigenvalue weighted by atomic mass is 16.2. The Morgan fingerprint density at radius 1 is 0.905 bits per heavy atom. The highest BCUT2D eigenvalue weighted by molar-refractivity contribution is 6.21. The van der Waals surface area contributed by atoms with Crippen LogP contribution in [-0.2, 0) is 6.54 Å². The van der Waals surface area contributed by atoms with E-state index < -0.39 is 0 Å². The number of benzene rings is 2. The molecule has 21 heavy (non-hydrogen) atoms. The molecule has 0 saturated heterocycles. The van der Waals surface area contributed by atoms with E-state index in [2.05, 4.69) is 26.0 Å². The maximum absolute atomic E-state index is 12.3. The van der Waals surface area contributed by atoms with Crippen LogP contribution in [0.2, 0.25) is 0 Å². The van der Waals surface area contributed by atoms with Crippen LogP contribution in [0.3, 0.4) is 0 Å². The van der Waals surface area contributed by atoms with Crippen molar-refractivity contribution in [1.29, 1.82) is 0 Å². The van der Waals surface area contributed by atoms with Crippen LogP contribution in [0.4, 0.5) is 0 Å².